The monoisotopic (exact) mass is 438 g/mol. The molecule has 3 N–H and O–H groups in total. The Bertz CT molecular complexity index is 919. The van der Waals surface area contributed by atoms with Crippen LogP contribution in [0.4, 0.5) is 0 Å². The van der Waals surface area contributed by atoms with Crippen LogP contribution >= 0.6 is 11.6 Å². The van der Waals surface area contributed by atoms with Crippen LogP contribution in [0.1, 0.15) is 11.1 Å². The Balaban J connectivity index is 1.88. The standard InChI is InChI=1S/C20H27ClN4O3S/c1-22-20(23-11-10-17-7-3-4-9-19(17)21)24-15-16-6-5-8-18(14-16)29(26,27)25-12-13-28-2/h3-9,14,25H,10-13,15H2,1-2H3,(H2,22,23,24). The summed E-state index contributed by atoms with van der Waals surface area (Å²) in [6.07, 6.45) is 0.765. The molecule has 0 fully saturated rings. The first-order valence-corrected chi connectivity index (χ1v) is 11.1. The SMILES string of the molecule is CN=C(NCCc1ccccc1Cl)NCc1cccc(S(=O)(=O)NCCOC)c1. The number of halogens is 1. The lowest BCUT2D eigenvalue weighted by Gasteiger charge is -2.13. The van der Waals surface area contributed by atoms with Crippen LogP contribution < -0.4 is 15.4 Å². The molecule has 7 nitrogen and oxygen atoms in total. The number of hydrogen-bond acceptors (Lipinski definition) is 4. The number of rotatable bonds is 10. The van der Waals surface area contributed by atoms with Gasteiger partial charge in [0.2, 0.25) is 10.0 Å². The molecule has 0 heterocycles. The number of methoxy groups -OCH3 is 1. The zero-order valence-electron chi connectivity index (χ0n) is 16.6. The van der Waals surface area contributed by atoms with Gasteiger partial charge in [0.05, 0.1) is 11.5 Å². The highest BCUT2D eigenvalue weighted by Crippen LogP contribution is 2.15. The number of guanidine groups is 1. The molecule has 0 aliphatic carbocycles. The summed E-state index contributed by atoms with van der Waals surface area (Å²) in [5.41, 5.74) is 1.89. The van der Waals surface area contributed by atoms with Gasteiger partial charge < -0.3 is 15.4 Å². The highest BCUT2D eigenvalue weighted by Gasteiger charge is 2.13. The second-order valence-electron chi connectivity index (χ2n) is 6.23. The van der Waals surface area contributed by atoms with Gasteiger partial charge in [-0.05, 0) is 35.7 Å². The Hall–Kier alpha value is -2.13. The van der Waals surface area contributed by atoms with Crippen molar-refractivity contribution in [2.24, 2.45) is 4.99 Å². The van der Waals surface area contributed by atoms with Gasteiger partial charge in [-0.15, -0.1) is 0 Å². The first-order valence-electron chi connectivity index (χ1n) is 9.21. The lowest BCUT2D eigenvalue weighted by Crippen LogP contribution is -2.37. The van der Waals surface area contributed by atoms with E-state index in [0.717, 1.165) is 22.6 Å². The molecule has 29 heavy (non-hydrogen) atoms. The molecule has 0 aliphatic heterocycles. The van der Waals surface area contributed by atoms with E-state index in [2.05, 4.69) is 20.3 Å². The molecular formula is C20H27ClN4O3S. The largest absolute Gasteiger partial charge is 0.383 e. The topological polar surface area (TPSA) is 91.8 Å². The Morgan fingerprint density at radius 3 is 2.62 bits per heavy atom. The highest BCUT2D eigenvalue weighted by molar-refractivity contribution is 7.89. The van der Waals surface area contributed by atoms with E-state index in [0.29, 0.717) is 25.7 Å². The van der Waals surface area contributed by atoms with Gasteiger partial charge >= 0.3 is 0 Å². The van der Waals surface area contributed by atoms with Crippen LogP contribution in [0.15, 0.2) is 58.4 Å². The van der Waals surface area contributed by atoms with Crippen LogP contribution in [0, 0.1) is 0 Å². The first-order chi connectivity index (χ1) is 14.0. The number of ether oxygens (including phenoxy) is 1. The first kappa shape index (κ1) is 23.2. The molecule has 0 bridgehead atoms. The minimum atomic E-state index is -3.56. The minimum absolute atomic E-state index is 0.217. The van der Waals surface area contributed by atoms with Gasteiger partial charge in [0.1, 0.15) is 0 Å². The quantitative estimate of drug-likeness (QED) is 0.300. The van der Waals surface area contributed by atoms with E-state index in [4.69, 9.17) is 16.3 Å². The van der Waals surface area contributed by atoms with E-state index in [-0.39, 0.29) is 11.4 Å². The van der Waals surface area contributed by atoms with Crippen molar-refractivity contribution in [3.63, 3.8) is 0 Å². The summed E-state index contributed by atoms with van der Waals surface area (Å²) in [6, 6.07) is 14.5. The smallest absolute Gasteiger partial charge is 0.240 e. The summed E-state index contributed by atoms with van der Waals surface area (Å²) >= 11 is 6.17. The maximum absolute atomic E-state index is 12.3. The molecule has 0 atom stereocenters. The third kappa shape index (κ3) is 7.66. The Morgan fingerprint density at radius 1 is 1.10 bits per heavy atom. The fourth-order valence-electron chi connectivity index (χ4n) is 2.61. The normalized spacial score (nSPS) is 12.0. The molecule has 0 amide bonds. The number of nitrogens with zero attached hydrogens (tertiary/aromatic N) is 1. The van der Waals surface area contributed by atoms with Gasteiger partial charge in [0.25, 0.3) is 0 Å². The average molecular weight is 439 g/mol. The molecule has 0 radical (unpaired) electrons. The molecule has 0 aromatic heterocycles. The summed E-state index contributed by atoms with van der Waals surface area (Å²) in [5, 5.41) is 7.16. The number of sulfonamides is 1. The van der Waals surface area contributed by atoms with Gasteiger partial charge in [-0.2, -0.15) is 0 Å². The summed E-state index contributed by atoms with van der Waals surface area (Å²) in [6.45, 7) is 1.65. The van der Waals surface area contributed by atoms with Crippen molar-refractivity contribution in [3.8, 4) is 0 Å². The molecule has 2 aromatic carbocycles. The number of aliphatic imine (C=N–C) groups is 1. The lowest BCUT2D eigenvalue weighted by atomic mass is 10.1. The van der Waals surface area contributed by atoms with Crippen molar-refractivity contribution in [1.82, 2.24) is 15.4 Å². The zero-order valence-corrected chi connectivity index (χ0v) is 18.2. The van der Waals surface area contributed by atoms with E-state index in [1.165, 1.54) is 7.11 Å². The maximum atomic E-state index is 12.3. The molecule has 2 rings (SSSR count). The molecule has 9 heteroatoms. The van der Waals surface area contributed by atoms with Gasteiger partial charge in [-0.1, -0.05) is 41.9 Å². The predicted molar refractivity (Wildman–Crippen MR) is 117 cm³/mol. The second-order valence-corrected chi connectivity index (χ2v) is 8.41. The molecular weight excluding hydrogens is 412 g/mol. The number of hydrogen-bond donors (Lipinski definition) is 3. The van der Waals surface area contributed by atoms with Crippen molar-refractivity contribution in [2.75, 3.05) is 33.9 Å². The van der Waals surface area contributed by atoms with Gasteiger partial charge in [-0.25, -0.2) is 13.1 Å². The van der Waals surface area contributed by atoms with Gasteiger partial charge in [-0.3, -0.25) is 4.99 Å². The van der Waals surface area contributed by atoms with Crippen LogP contribution in [0.2, 0.25) is 5.02 Å². The minimum Gasteiger partial charge on any atom is -0.383 e. The van der Waals surface area contributed by atoms with E-state index in [9.17, 15) is 8.42 Å². The van der Waals surface area contributed by atoms with Crippen LogP contribution in [-0.4, -0.2) is 48.2 Å². The van der Waals surface area contributed by atoms with Crippen LogP contribution in [0.25, 0.3) is 0 Å². The number of benzene rings is 2. The van der Waals surface area contributed by atoms with Crippen molar-refractivity contribution >= 4 is 27.6 Å². The summed E-state index contributed by atoms with van der Waals surface area (Å²) in [4.78, 5) is 4.41. The fraction of sp³-hybridized carbons (Fsp3) is 0.350. The molecule has 158 valence electrons. The molecule has 0 saturated carbocycles. The molecule has 0 aliphatic rings. The van der Waals surface area contributed by atoms with Crippen LogP contribution in [-0.2, 0) is 27.7 Å². The maximum Gasteiger partial charge on any atom is 0.240 e. The van der Waals surface area contributed by atoms with E-state index < -0.39 is 10.0 Å². The van der Waals surface area contributed by atoms with Crippen LogP contribution in [0.3, 0.4) is 0 Å². The van der Waals surface area contributed by atoms with E-state index in [1.54, 1.807) is 25.2 Å². The average Bonchev–Trinajstić information content (AvgIpc) is 2.72. The highest BCUT2D eigenvalue weighted by atomic mass is 35.5. The Labute approximate surface area is 177 Å². The van der Waals surface area contributed by atoms with Crippen molar-refractivity contribution in [1.29, 1.82) is 0 Å². The van der Waals surface area contributed by atoms with E-state index >= 15 is 0 Å². The van der Waals surface area contributed by atoms with Gasteiger partial charge in [0.15, 0.2) is 5.96 Å². The molecule has 0 spiro atoms. The Morgan fingerprint density at radius 2 is 1.90 bits per heavy atom. The second kappa shape index (κ2) is 11.8. The lowest BCUT2D eigenvalue weighted by molar-refractivity contribution is 0.204. The third-order valence-corrected chi connectivity index (χ3v) is 5.96. The molecule has 0 saturated heterocycles. The summed E-state index contributed by atoms with van der Waals surface area (Å²) < 4.78 is 32.0. The van der Waals surface area contributed by atoms with Gasteiger partial charge in [0, 0.05) is 38.8 Å². The zero-order chi connectivity index (χ0) is 21.1. The Kier molecular flexibility index (Phi) is 9.40. The van der Waals surface area contributed by atoms with Crippen molar-refractivity contribution in [2.45, 2.75) is 17.9 Å². The number of nitrogens with one attached hydrogen (secondary N) is 3. The predicted octanol–water partition coefficient (Wildman–Crippen LogP) is 2.17. The van der Waals surface area contributed by atoms with Crippen molar-refractivity contribution < 1.29 is 13.2 Å². The van der Waals surface area contributed by atoms with E-state index in [1.807, 2.05) is 30.3 Å². The third-order valence-electron chi connectivity index (χ3n) is 4.14. The van der Waals surface area contributed by atoms with Crippen molar-refractivity contribution in [3.05, 3.63) is 64.7 Å². The molecule has 0 unspecified atom stereocenters. The molecule has 2 aromatic rings. The fourth-order valence-corrected chi connectivity index (χ4v) is 3.92. The van der Waals surface area contributed by atoms with Crippen LogP contribution in [0.5, 0.6) is 0 Å². The summed E-state index contributed by atoms with van der Waals surface area (Å²) in [7, 11) is -0.354. The summed E-state index contributed by atoms with van der Waals surface area (Å²) in [5.74, 6) is 0.628.